The number of nitrogens with one attached hydrogen (secondary N) is 1. The fourth-order valence-corrected chi connectivity index (χ4v) is 3.42. The van der Waals surface area contributed by atoms with Gasteiger partial charge in [-0.2, -0.15) is 5.10 Å². The smallest absolute Gasteiger partial charge is 0.410 e. The zero-order valence-corrected chi connectivity index (χ0v) is 21.1. The van der Waals surface area contributed by atoms with Gasteiger partial charge in [-0.3, -0.25) is 9.67 Å². The van der Waals surface area contributed by atoms with Gasteiger partial charge in [-0.1, -0.05) is 6.92 Å². The van der Waals surface area contributed by atoms with Crippen molar-refractivity contribution in [3.05, 3.63) is 18.0 Å². The average Bonchev–Trinajstić information content (AvgIpc) is 3.23. The summed E-state index contributed by atoms with van der Waals surface area (Å²) < 4.78 is 7.27. The van der Waals surface area contributed by atoms with E-state index in [2.05, 4.69) is 33.4 Å². The molecule has 0 bridgehead atoms. The summed E-state index contributed by atoms with van der Waals surface area (Å²) in [5.41, 5.74) is 0.808. The summed E-state index contributed by atoms with van der Waals surface area (Å²) >= 11 is 0. The van der Waals surface area contributed by atoms with E-state index in [1.807, 2.05) is 45.7 Å². The van der Waals surface area contributed by atoms with Crippen molar-refractivity contribution in [2.75, 3.05) is 40.3 Å². The van der Waals surface area contributed by atoms with Crippen LogP contribution in [0.4, 0.5) is 4.79 Å². The summed E-state index contributed by atoms with van der Waals surface area (Å²) in [6, 6.07) is 0. The Morgan fingerprint density at radius 1 is 1.48 bits per heavy atom. The number of ether oxygens (including phenoxy) is 1. The molecule has 166 valence electrons. The summed E-state index contributed by atoms with van der Waals surface area (Å²) in [7, 11) is 5.54. The molecule has 2 heterocycles. The molecule has 1 aliphatic rings. The van der Waals surface area contributed by atoms with Gasteiger partial charge >= 0.3 is 6.09 Å². The second-order valence-corrected chi connectivity index (χ2v) is 8.77. The van der Waals surface area contributed by atoms with Crippen molar-refractivity contribution in [1.82, 2.24) is 24.9 Å². The molecule has 1 aromatic rings. The molecule has 0 aliphatic carbocycles. The van der Waals surface area contributed by atoms with Crippen molar-refractivity contribution >= 4 is 36.0 Å². The Morgan fingerprint density at radius 2 is 2.17 bits per heavy atom. The van der Waals surface area contributed by atoms with Crippen molar-refractivity contribution in [2.45, 2.75) is 45.6 Å². The lowest BCUT2D eigenvalue weighted by Gasteiger charge is -2.27. The minimum absolute atomic E-state index is 0. The zero-order valence-electron chi connectivity index (χ0n) is 18.8. The van der Waals surface area contributed by atoms with Gasteiger partial charge in [-0.15, -0.1) is 24.0 Å². The Bertz CT molecular complexity index is 685. The number of guanidine groups is 1. The molecular formula is C20H37IN6O2. The van der Waals surface area contributed by atoms with E-state index < -0.39 is 5.60 Å². The first-order valence-electron chi connectivity index (χ1n) is 9.97. The highest BCUT2D eigenvalue weighted by molar-refractivity contribution is 14.0. The highest BCUT2D eigenvalue weighted by atomic mass is 127. The van der Waals surface area contributed by atoms with Crippen LogP contribution in [0.2, 0.25) is 0 Å². The summed E-state index contributed by atoms with van der Waals surface area (Å²) in [4.78, 5) is 20.5. The number of nitrogens with zero attached hydrogens (tertiary/aromatic N) is 5. The van der Waals surface area contributed by atoms with Crippen LogP contribution in [0.15, 0.2) is 17.4 Å². The number of hydrogen-bond acceptors (Lipinski definition) is 4. The maximum Gasteiger partial charge on any atom is 0.410 e. The van der Waals surface area contributed by atoms with Crippen LogP contribution < -0.4 is 5.32 Å². The first-order valence-corrected chi connectivity index (χ1v) is 9.97. The molecule has 8 nitrogen and oxygen atoms in total. The molecule has 0 radical (unpaired) electrons. The SMILES string of the molecule is CN=C(NCC(C)CN(C)C(=O)OC(C)(C)C)N1CCC(c2cnn(C)c2)C1.I. The van der Waals surface area contributed by atoms with Crippen molar-refractivity contribution < 1.29 is 9.53 Å². The third-order valence-corrected chi connectivity index (χ3v) is 4.80. The highest BCUT2D eigenvalue weighted by Gasteiger charge is 2.27. The minimum Gasteiger partial charge on any atom is -0.444 e. The van der Waals surface area contributed by atoms with E-state index in [4.69, 9.17) is 4.74 Å². The van der Waals surface area contributed by atoms with Gasteiger partial charge in [-0.05, 0) is 38.7 Å². The lowest BCUT2D eigenvalue weighted by molar-refractivity contribution is 0.0278. The van der Waals surface area contributed by atoms with Gasteiger partial charge in [0.15, 0.2) is 5.96 Å². The Morgan fingerprint density at radius 3 is 2.72 bits per heavy atom. The predicted molar refractivity (Wildman–Crippen MR) is 127 cm³/mol. The first kappa shape index (κ1) is 25.5. The zero-order chi connectivity index (χ0) is 20.9. The molecule has 1 fully saturated rings. The largest absolute Gasteiger partial charge is 0.444 e. The van der Waals surface area contributed by atoms with Crippen molar-refractivity contribution in [3.8, 4) is 0 Å². The average molecular weight is 520 g/mol. The topological polar surface area (TPSA) is 75.0 Å². The van der Waals surface area contributed by atoms with Gasteiger partial charge in [-0.25, -0.2) is 4.79 Å². The molecule has 1 N–H and O–H groups in total. The van der Waals surface area contributed by atoms with Crippen molar-refractivity contribution in [3.63, 3.8) is 0 Å². The van der Waals surface area contributed by atoms with E-state index in [0.717, 1.165) is 32.0 Å². The molecule has 29 heavy (non-hydrogen) atoms. The molecule has 2 atom stereocenters. The molecule has 1 amide bonds. The van der Waals surface area contributed by atoms with Crippen LogP contribution in [0.5, 0.6) is 0 Å². The highest BCUT2D eigenvalue weighted by Crippen LogP contribution is 2.26. The molecule has 0 spiro atoms. The first-order chi connectivity index (χ1) is 13.1. The Labute approximate surface area is 192 Å². The second-order valence-electron chi connectivity index (χ2n) is 8.77. The number of aliphatic imine (C=N–C) groups is 1. The number of amides is 1. The van der Waals surface area contributed by atoms with E-state index in [9.17, 15) is 4.79 Å². The normalized spacial score (nSPS) is 18.2. The molecule has 9 heteroatoms. The van der Waals surface area contributed by atoms with Crippen LogP contribution in [0.25, 0.3) is 0 Å². The van der Waals surface area contributed by atoms with Crippen molar-refractivity contribution in [2.24, 2.45) is 18.0 Å². The number of carbonyl (C=O) groups excluding carboxylic acids is 1. The van der Waals surface area contributed by atoms with Gasteiger partial charge in [0.05, 0.1) is 6.20 Å². The number of hydrogen-bond donors (Lipinski definition) is 1. The molecule has 1 saturated heterocycles. The lowest BCUT2D eigenvalue weighted by atomic mass is 10.0. The van der Waals surface area contributed by atoms with Crippen LogP contribution in [0.3, 0.4) is 0 Å². The summed E-state index contributed by atoms with van der Waals surface area (Å²) in [6.45, 7) is 11.0. The lowest BCUT2D eigenvalue weighted by Crippen LogP contribution is -2.44. The second kappa shape index (κ2) is 11.0. The van der Waals surface area contributed by atoms with Crippen LogP contribution in [0.1, 0.15) is 45.6 Å². The van der Waals surface area contributed by atoms with Gasteiger partial charge in [0, 0.05) is 59.4 Å². The van der Waals surface area contributed by atoms with Crippen LogP contribution in [-0.2, 0) is 11.8 Å². The summed E-state index contributed by atoms with van der Waals surface area (Å²) in [5.74, 6) is 1.67. The summed E-state index contributed by atoms with van der Waals surface area (Å²) in [5, 5.41) is 7.74. The van der Waals surface area contributed by atoms with Crippen molar-refractivity contribution in [1.29, 1.82) is 0 Å². The quantitative estimate of drug-likeness (QED) is 0.367. The summed E-state index contributed by atoms with van der Waals surface area (Å²) in [6.07, 6.45) is 4.86. The Hall–Kier alpha value is -1.52. The molecule has 2 unspecified atom stereocenters. The van der Waals surface area contributed by atoms with Gasteiger partial charge < -0.3 is 19.9 Å². The molecule has 2 rings (SSSR count). The monoisotopic (exact) mass is 520 g/mol. The number of carbonyl (C=O) groups is 1. The Balaban J connectivity index is 0.00000420. The van der Waals surface area contributed by atoms with E-state index in [0.29, 0.717) is 12.5 Å². The number of likely N-dealkylation sites (tertiary alicyclic amines) is 1. The number of aromatic nitrogens is 2. The van der Waals surface area contributed by atoms with Crippen LogP contribution in [0, 0.1) is 5.92 Å². The van der Waals surface area contributed by atoms with Gasteiger partial charge in [0.1, 0.15) is 5.60 Å². The maximum atomic E-state index is 12.1. The third-order valence-electron chi connectivity index (χ3n) is 4.80. The predicted octanol–water partition coefficient (Wildman–Crippen LogP) is 2.91. The third kappa shape index (κ3) is 8.02. The molecular weight excluding hydrogens is 483 g/mol. The molecule has 0 saturated carbocycles. The fraction of sp³-hybridized carbons (Fsp3) is 0.750. The molecule has 1 aromatic heterocycles. The van der Waals surface area contributed by atoms with Crippen LogP contribution >= 0.6 is 24.0 Å². The number of rotatable bonds is 5. The Kier molecular flexibility index (Phi) is 9.70. The van der Waals surface area contributed by atoms with E-state index in [1.54, 1.807) is 11.9 Å². The van der Waals surface area contributed by atoms with E-state index in [1.165, 1.54) is 5.56 Å². The van der Waals surface area contributed by atoms with E-state index in [-0.39, 0.29) is 36.0 Å². The maximum absolute atomic E-state index is 12.1. The van der Waals surface area contributed by atoms with Crippen LogP contribution in [-0.4, -0.2) is 77.5 Å². The number of aryl methyl sites for hydroxylation is 1. The van der Waals surface area contributed by atoms with Gasteiger partial charge in [0.25, 0.3) is 0 Å². The van der Waals surface area contributed by atoms with Gasteiger partial charge in [0.2, 0.25) is 0 Å². The fourth-order valence-electron chi connectivity index (χ4n) is 3.42. The number of halogens is 1. The standard InChI is InChI=1S/C20H36N6O2.HI/c1-15(12-24(6)19(27)28-20(2,3)4)10-22-18(21-5)26-9-8-16(14-26)17-11-23-25(7)13-17;/h11,13,15-16H,8-10,12,14H2,1-7H3,(H,21,22);1H. The van der Waals surface area contributed by atoms with E-state index >= 15 is 0 Å². The molecule has 0 aromatic carbocycles. The minimum atomic E-state index is -0.477. The molecule has 1 aliphatic heterocycles.